The fourth-order valence-corrected chi connectivity index (χ4v) is 5.09. The Bertz CT molecular complexity index is 1020. The molecule has 8 heteroatoms. The van der Waals surface area contributed by atoms with Gasteiger partial charge in [-0.15, -0.1) is 0 Å². The van der Waals surface area contributed by atoms with Crippen LogP contribution >= 0.6 is 11.6 Å². The van der Waals surface area contributed by atoms with E-state index in [2.05, 4.69) is 5.32 Å². The smallest absolute Gasteiger partial charge is 0.279 e. The van der Waals surface area contributed by atoms with E-state index < -0.39 is 10.0 Å². The van der Waals surface area contributed by atoms with Crippen LogP contribution < -0.4 is 10.2 Å². The lowest BCUT2D eigenvalue weighted by Gasteiger charge is -2.31. The van der Waals surface area contributed by atoms with Gasteiger partial charge >= 0.3 is 0 Å². The number of hydrogen-bond donors (Lipinski definition) is 2. The maximum absolute atomic E-state index is 12.9. The van der Waals surface area contributed by atoms with Crippen molar-refractivity contribution in [3.63, 3.8) is 0 Å². The minimum Gasteiger partial charge on any atom is -0.325 e. The van der Waals surface area contributed by atoms with Gasteiger partial charge in [0.25, 0.3) is 5.91 Å². The lowest BCUT2D eigenvalue weighted by atomic mass is 10.1. The molecule has 2 aromatic carbocycles. The number of sulfonamides is 1. The summed E-state index contributed by atoms with van der Waals surface area (Å²) >= 11 is 6.00. The van der Waals surface area contributed by atoms with Crippen molar-refractivity contribution in [1.29, 1.82) is 0 Å². The molecule has 1 saturated heterocycles. The Morgan fingerprint density at radius 3 is 2.34 bits per heavy atom. The quantitative estimate of drug-likeness (QED) is 0.750. The number of halogens is 1. The average Bonchev–Trinajstić information content (AvgIpc) is 2.67. The summed E-state index contributed by atoms with van der Waals surface area (Å²) in [6, 6.07) is 10.6. The second kappa shape index (κ2) is 8.83. The Kier molecular flexibility index (Phi) is 6.63. The van der Waals surface area contributed by atoms with E-state index in [0.717, 1.165) is 21.6 Å². The van der Waals surface area contributed by atoms with E-state index in [-0.39, 0.29) is 5.91 Å². The van der Waals surface area contributed by atoms with E-state index in [1.165, 1.54) is 4.31 Å². The van der Waals surface area contributed by atoms with Crippen molar-refractivity contribution in [1.82, 2.24) is 4.31 Å². The fourth-order valence-electron chi connectivity index (χ4n) is 3.39. The summed E-state index contributed by atoms with van der Waals surface area (Å²) in [6.45, 7) is 8.05. The summed E-state index contributed by atoms with van der Waals surface area (Å²) in [6.07, 6.45) is 0. The summed E-state index contributed by atoms with van der Waals surface area (Å²) in [7, 11) is -3.51. The number of nitrogens with one attached hydrogen (secondary N) is 2. The molecule has 2 N–H and O–H groups in total. The lowest BCUT2D eigenvalue weighted by molar-refractivity contribution is -0.895. The second-order valence-electron chi connectivity index (χ2n) is 7.58. The highest BCUT2D eigenvalue weighted by molar-refractivity contribution is 7.89. The predicted octanol–water partition coefficient (Wildman–Crippen LogP) is 1.79. The van der Waals surface area contributed by atoms with E-state index in [0.29, 0.717) is 48.3 Å². The van der Waals surface area contributed by atoms with Gasteiger partial charge < -0.3 is 10.2 Å². The standard InChI is InChI=1S/C21H26ClN3O3S/c1-15-5-7-19(12-17(15)3)29(27,28)25-10-8-24(9-11-25)14-21(26)23-20-13-18(22)6-4-16(20)2/h4-7,12-13H,8-11,14H2,1-3H3,(H,23,26)/p+1. The van der Waals surface area contributed by atoms with Gasteiger partial charge in [-0.1, -0.05) is 23.7 Å². The number of rotatable bonds is 5. The van der Waals surface area contributed by atoms with E-state index >= 15 is 0 Å². The zero-order chi connectivity index (χ0) is 21.2. The molecule has 29 heavy (non-hydrogen) atoms. The normalized spacial score (nSPS) is 16.0. The van der Waals surface area contributed by atoms with Crippen LogP contribution in [0, 0.1) is 20.8 Å². The van der Waals surface area contributed by atoms with Crippen molar-refractivity contribution < 1.29 is 18.1 Å². The first kappa shape index (κ1) is 21.8. The summed E-state index contributed by atoms with van der Waals surface area (Å²) in [4.78, 5) is 13.8. The van der Waals surface area contributed by atoms with Crippen LogP contribution in [-0.2, 0) is 14.8 Å². The maximum atomic E-state index is 12.9. The molecule has 1 amide bonds. The lowest BCUT2D eigenvalue weighted by Crippen LogP contribution is -3.15. The molecule has 0 unspecified atom stereocenters. The van der Waals surface area contributed by atoms with Crippen LogP contribution in [0.2, 0.25) is 5.02 Å². The fraction of sp³-hybridized carbons (Fsp3) is 0.381. The molecule has 0 aliphatic carbocycles. The highest BCUT2D eigenvalue weighted by Crippen LogP contribution is 2.20. The number of quaternary nitrogens is 1. The number of anilines is 1. The first-order valence-electron chi connectivity index (χ1n) is 9.64. The molecule has 0 atom stereocenters. The number of hydrogen-bond acceptors (Lipinski definition) is 3. The molecule has 0 aromatic heterocycles. The number of amides is 1. The third kappa shape index (κ3) is 5.17. The average molecular weight is 437 g/mol. The minimum absolute atomic E-state index is 0.101. The topological polar surface area (TPSA) is 70.9 Å². The molecule has 6 nitrogen and oxygen atoms in total. The number of aryl methyl sites for hydroxylation is 3. The van der Waals surface area contributed by atoms with Gasteiger partial charge in [0.05, 0.1) is 31.1 Å². The van der Waals surface area contributed by atoms with Gasteiger partial charge in [-0.25, -0.2) is 8.42 Å². The molecule has 2 aromatic rings. The van der Waals surface area contributed by atoms with Crippen LogP contribution in [0.1, 0.15) is 16.7 Å². The number of carbonyl (C=O) groups is 1. The number of nitrogens with zero attached hydrogens (tertiary/aromatic N) is 1. The first-order valence-corrected chi connectivity index (χ1v) is 11.5. The Hall–Kier alpha value is -1.93. The van der Waals surface area contributed by atoms with Crippen LogP contribution in [0.4, 0.5) is 5.69 Å². The highest BCUT2D eigenvalue weighted by Gasteiger charge is 2.31. The van der Waals surface area contributed by atoms with Crippen molar-refractivity contribution in [2.75, 3.05) is 38.0 Å². The summed E-state index contributed by atoms with van der Waals surface area (Å²) in [5.74, 6) is -0.101. The third-order valence-electron chi connectivity index (χ3n) is 5.43. The zero-order valence-corrected chi connectivity index (χ0v) is 18.5. The van der Waals surface area contributed by atoms with Gasteiger partial charge in [-0.05, 0) is 61.7 Å². The van der Waals surface area contributed by atoms with Crippen molar-refractivity contribution in [3.8, 4) is 0 Å². The predicted molar refractivity (Wildman–Crippen MR) is 115 cm³/mol. The summed E-state index contributed by atoms with van der Waals surface area (Å²) in [5, 5.41) is 3.47. The molecule has 1 aliphatic heterocycles. The van der Waals surface area contributed by atoms with Gasteiger partial charge in [0.1, 0.15) is 0 Å². The Labute approximate surface area is 177 Å². The SMILES string of the molecule is Cc1ccc(S(=O)(=O)N2CC[NH+](CC(=O)Nc3cc(Cl)ccc3C)CC2)cc1C. The highest BCUT2D eigenvalue weighted by atomic mass is 35.5. The molecule has 1 fully saturated rings. The largest absolute Gasteiger partial charge is 0.325 e. The molecular weight excluding hydrogens is 410 g/mol. The third-order valence-corrected chi connectivity index (χ3v) is 7.56. The van der Waals surface area contributed by atoms with Crippen LogP contribution in [0.25, 0.3) is 0 Å². The summed E-state index contributed by atoms with van der Waals surface area (Å²) < 4.78 is 27.3. The molecule has 0 saturated carbocycles. The maximum Gasteiger partial charge on any atom is 0.279 e. The minimum atomic E-state index is -3.51. The Balaban J connectivity index is 1.58. The van der Waals surface area contributed by atoms with Gasteiger partial charge in [0.2, 0.25) is 10.0 Å². The van der Waals surface area contributed by atoms with Gasteiger partial charge in [-0.2, -0.15) is 4.31 Å². The van der Waals surface area contributed by atoms with E-state index in [1.54, 1.807) is 24.3 Å². The van der Waals surface area contributed by atoms with E-state index in [1.807, 2.05) is 32.9 Å². The van der Waals surface area contributed by atoms with Gasteiger partial charge in [0, 0.05) is 10.7 Å². The second-order valence-corrected chi connectivity index (χ2v) is 9.96. The molecule has 0 radical (unpaired) electrons. The van der Waals surface area contributed by atoms with Crippen molar-refractivity contribution in [2.24, 2.45) is 0 Å². The number of carbonyl (C=O) groups excluding carboxylic acids is 1. The molecule has 1 aliphatic rings. The number of piperazine rings is 1. The molecule has 1 heterocycles. The van der Waals surface area contributed by atoms with Crippen LogP contribution in [0.15, 0.2) is 41.3 Å². The number of benzene rings is 2. The van der Waals surface area contributed by atoms with Crippen LogP contribution in [-0.4, -0.2) is 51.4 Å². The monoisotopic (exact) mass is 436 g/mol. The Morgan fingerprint density at radius 1 is 1.03 bits per heavy atom. The Morgan fingerprint density at radius 2 is 1.69 bits per heavy atom. The van der Waals surface area contributed by atoms with Crippen LogP contribution in [0.5, 0.6) is 0 Å². The van der Waals surface area contributed by atoms with E-state index in [9.17, 15) is 13.2 Å². The van der Waals surface area contributed by atoms with Crippen molar-refractivity contribution in [3.05, 3.63) is 58.1 Å². The first-order chi connectivity index (χ1) is 13.7. The molecule has 156 valence electrons. The van der Waals surface area contributed by atoms with Crippen LogP contribution in [0.3, 0.4) is 0 Å². The molecular formula is C21H27ClN3O3S+. The van der Waals surface area contributed by atoms with Crippen molar-refractivity contribution >= 4 is 33.2 Å². The molecule has 3 rings (SSSR count). The molecule has 0 spiro atoms. The summed E-state index contributed by atoms with van der Waals surface area (Å²) in [5.41, 5.74) is 3.68. The van der Waals surface area contributed by atoms with E-state index in [4.69, 9.17) is 11.6 Å². The molecule has 0 bridgehead atoms. The van der Waals surface area contributed by atoms with Crippen molar-refractivity contribution in [2.45, 2.75) is 25.7 Å². The van der Waals surface area contributed by atoms with Gasteiger partial charge in [0.15, 0.2) is 6.54 Å². The zero-order valence-electron chi connectivity index (χ0n) is 17.0. The van der Waals surface area contributed by atoms with Gasteiger partial charge in [-0.3, -0.25) is 4.79 Å².